The molecule has 0 bridgehead atoms. The Hall–Kier alpha value is -2.78. The van der Waals surface area contributed by atoms with Crippen molar-refractivity contribution in [2.75, 3.05) is 19.4 Å². The van der Waals surface area contributed by atoms with Crippen LogP contribution >= 0.6 is 23.4 Å². The predicted molar refractivity (Wildman–Crippen MR) is 116 cm³/mol. The molecule has 0 aliphatic rings. The zero-order valence-corrected chi connectivity index (χ0v) is 18.1. The fourth-order valence-electron chi connectivity index (χ4n) is 2.78. The highest BCUT2D eigenvalue weighted by Crippen LogP contribution is 2.29. The minimum atomic E-state index is -2.92. The van der Waals surface area contributed by atoms with Crippen LogP contribution in [0.1, 0.15) is 5.56 Å². The van der Waals surface area contributed by atoms with Crippen LogP contribution in [-0.4, -0.2) is 41.5 Å². The Morgan fingerprint density at radius 1 is 1.23 bits per heavy atom. The van der Waals surface area contributed by atoms with Crippen LogP contribution in [0.4, 0.5) is 8.78 Å². The summed E-state index contributed by atoms with van der Waals surface area (Å²) >= 11 is 7.25. The van der Waals surface area contributed by atoms with E-state index in [1.165, 1.54) is 24.9 Å². The van der Waals surface area contributed by atoms with E-state index in [4.69, 9.17) is 16.3 Å². The molecule has 1 N–H and O–H groups in total. The number of hydrogen-bond acceptors (Lipinski definition) is 5. The number of benzene rings is 2. The largest absolute Gasteiger partial charge is 0.493 e. The van der Waals surface area contributed by atoms with E-state index in [0.717, 1.165) is 11.3 Å². The predicted octanol–water partition coefficient (Wildman–Crippen LogP) is 4.59. The van der Waals surface area contributed by atoms with Gasteiger partial charge in [0.25, 0.3) is 0 Å². The molecule has 10 heteroatoms. The normalized spacial score (nSPS) is 10.9. The Morgan fingerprint density at radius 3 is 2.71 bits per heavy atom. The van der Waals surface area contributed by atoms with Crippen LogP contribution in [0.25, 0.3) is 5.69 Å². The van der Waals surface area contributed by atoms with Gasteiger partial charge in [-0.2, -0.15) is 8.78 Å². The smallest absolute Gasteiger partial charge is 0.387 e. The Balaban J connectivity index is 1.48. The summed E-state index contributed by atoms with van der Waals surface area (Å²) < 4.78 is 36.2. The number of amides is 1. The highest BCUT2D eigenvalue weighted by atomic mass is 35.5. The SMILES string of the molecule is COc1cc(CCNC(=O)CSc2nccn2-c2ccc(Cl)cc2)ccc1OC(F)F. The second-order valence-electron chi connectivity index (χ2n) is 6.31. The number of carbonyl (C=O) groups is 1. The number of hydrogen-bond donors (Lipinski definition) is 1. The minimum Gasteiger partial charge on any atom is -0.493 e. The standard InChI is InChI=1S/C21H20ClF2N3O3S/c1-29-18-12-14(2-7-17(18)30-20(23)24)8-9-25-19(28)13-31-21-26-10-11-27(21)16-5-3-15(22)4-6-16/h2-7,10-12,20H,8-9,13H2,1H3,(H,25,28). The van der Waals surface area contributed by atoms with Gasteiger partial charge in [0.05, 0.1) is 12.9 Å². The van der Waals surface area contributed by atoms with Crippen molar-refractivity contribution in [2.45, 2.75) is 18.2 Å². The zero-order chi connectivity index (χ0) is 22.2. The molecule has 31 heavy (non-hydrogen) atoms. The molecule has 0 atom stereocenters. The van der Waals surface area contributed by atoms with Crippen molar-refractivity contribution >= 4 is 29.3 Å². The Bertz CT molecular complexity index is 1020. The number of imidazole rings is 1. The van der Waals surface area contributed by atoms with Gasteiger partial charge >= 0.3 is 6.61 Å². The quantitative estimate of drug-likeness (QED) is 0.442. The maximum atomic E-state index is 12.4. The van der Waals surface area contributed by atoms with E-state index in [-0.39, 0.29) is 23.2 Å². The number of nitrogens with zero attached hydrogens (tertiary/aromatic N) is 2. The average molecular weight is 468 g/mol. The van der Waals surface area contributed by atoms with Crippen LogP contribution in [0.15, 0.2) is 60.0 Å². The first-order chi connectivity index (χ1) is 15.0. The molecule has 3 aromatic rings. The number of rotatable bonds is 10. The number of halogens is 3. The lowest BCUT2D eigenvalue weighted by Gasteiger charge is -2.12. The number of ether oxygens (including phenoxy) is 2. The monoisotopic (exact) mass is 467 g/mol. The summed E-state index contributed by atoms with van der Waals surface area (Å²) in [5.74, 6) is 0.251. The van der Waals surface area contributed by atoms with Crippen LogP contribution < -0.4 is 14.8 Å². The third-order valence-electron chi connectivity index (χ3n) is 4.22. The highest BCUT2D eigenvalue weighted by Gasteiger charge is 2.12. The summed E-state index contributed by atoms with van der Waals surface area (Å²) in [5.41, 5.74) is 1.72. The van der Waals surface area contributed by atoms with E-state index in [9.17, 15) is 13.6 Å². The van der Waals surface area contributed by atoms with Gasteiger partial charge < -0.3 is 14.8 Å². The van der Waals surface area contributed by atoms with Crippen molar-refractivity contribution < 1.29 is 23.0 Å². The Labute approximate surface area is 187 Å². The molecule has 0 aliphatic carbocycles. The summed E-state index contributed by atoms with van der Waals surface area (Å²) in [5, 5.41) is 4.17. The van der Waals surface area contributed by atoms with Crippen LogP contribution in [-0.2, 0) is 11.2 Å². The van der Waals surface area contributed by atoms with Gasteiger partial charge in [0, 0.05) is 29.6 Å². The van der Waals surface area contributed by atoms with Gasteiger partial charge in [-0.05, 0) is 48.4 Å². The fraction of sp³-hybridized carbons (Fsp3) is 0.238. The number of aromatic nitrogens is 2. The molecular formula is C21H20ClF2N3O3S. The maximum absolute atomic E-state index is 12.4. The molecular weight excluding hydrogens is 448 g/mol. The lowest BCUT2D eigenvalue weighted by Crippen LogP contribution is -2.27. The van der Waals surface area contributed by atoms with Crippen LogP contribution in [0.5, 0.6) is 11.5 Å². The number of alkyl halides is 2. The van der Waals surface area contributed by atoms with E-state index >= 15 is 0 Å². The third-order valence-corrected chi connectivity index (χ3v) is 5.44. The highest BCUT2D eigenvalue weighted by molar-refractivity contribution is 7.99. The molecule has 1 aromatic heterocycles. The fourth-order valence-corrected chi connectivity index (χ4v) is 3.71. The van der Waals surface area contributed by atoms with Gasteiger partial charge in [0.15, 0.2) is 16.7 Å². The molecule has 0 radical (unpaired) electrons. The van der Waals surface area contributed by atoms with Gasteiger partial charge in [-0.15, -0.1) is 0 Å². The molecule has 6 nitrogen and oxygen atoms in total. The molecule has 2 aromatic carbocycles. The van der Waals surface area contributed by atoms with E-state index in [1.54, 1.807) is 30.5 Å². The van der Waals surface area contributed by atoms with Crippen molar-refractivity contribution in [3.8, 4) is 17.2 Å². The second kappa shape index (κ2) is 11.0. The van der Waals surface area contributed by atoms with Crippen LogP contribution in [0.3, 0.4) is 0 Å². The molecule has 3 rings (SSSR count). The molecule has 1 heterocycles. The van der Waals surface area contributed by atoms with Crippen molar-refractivity contribution in [1.82, 2.24) is 14.9 Å². The van der Waals surface area contributed by atoms with E-state index < -0.39 is 6.61 Å². The topological polar surface area (TPSA) is 65.4 Å². The number of thioether (sulfide) groups is 1. The summed E-state index contributed by atoms with van der Waals surface area (Å²) in [6, 6.07) is 12.0. The molecule has 0 fully saturated rings. The van der Waals surface area contributed by atoms with E-state index in [1.807, 2.05) is 22.9 Å². The van der Waals surface area contributed by atoms with Crippen molar-refractivity contribution in [3.05, 3.63) is 65.4 Å². The van der Waals surface area contributed by atoms with Gasteiger partial charge in [0.1, 0.15) is 0 Å². The van der Waals surface area contributed by atoms with Crippen molar-refractivity contribution in [2.24, 2.45) is 0 Å². The van der Waals surface area contributed by atoms with Gasteiger partial charge in [-0.25, -0.2) is 4.98 Å². The summed E-state index contributed by atoms with van der Waals surface area (Å²) in [6.45, 7) is -2.53. The summed E-state index contributed by atoms with van der Waals surface area (Å²) in [7, 11) is 1.38. The second-order valence-corrected chi connectivity index (χ2v) is 7.69. The Morgan fingerprint density at radius 2 is 2.00 bits per heavy atom. The van der Waals surface area contributed by atoms with E-state index in [2.05, 4.69) is 15.0 Å². The minimum absolute atomic E-state index is 0.0297. The van der Waals surface area contributed by atoms with Crippen molar-refractivity contribution in [1.29, 1.82) is 0 Å². The first-order valence-corrected chi connectivity index (χ1v) is 10.6. The Kier molecular flexibility index (Phi) is 8.13. The molecule has 164 valence electrons. The molecule has 0 unspecified atom stereocenters. The first-order valence-electron chi connectivity index (χ1n) is 9.27. The third kappa shape index (κ3) is 6.60. The molecule has 0 aliphatic heterocycles. The van der Waals surface area contributed by atoms with E-state index in [0.29, 0.717) is 23.1 Å². The lowest BCUT2D eigenvalue weighted by atomic mass is 10.1. The van der Waals surface area contributed by atoms with Crippen LogP contribution in [0.2, 0.25) is 5.02 Å². The number of methoxy groups -OCH3 is 1. The van der Waals surface area contributed by atoms with Gasteiger partial charge in [-0.3, -0.25) is 9.36 Å². The average Bonchev–Trinajstić information content (AvgIpc) is 3.22. The molecule has 0 saturated carbocycles. The summed E-state index contributed by atoms with van der Waals surface area (Å²) in [4.78, 5) is 16.5. The van der Waals surface area contributed by atoms with Crippen molar-refractivity contribution in [3.63, 3.8) is 0 Å². The summed E-state index contributed by atoms with van der Waals surface area (Å²) in [6.07, 6.45) is 4.00. The molecule has 0 saturated heterocycles. The molecule has 0 spiro atoms. The lowest BCUT2D eigenvalue weighted by molar-refractivity contribution is -0.118. The number of nitrogens with one attached hydrogen (secondary N) is 1. The van der Waals surface area contributed by atoms with Gasteiger partial charge in [0.2, 0.25) is 5.91 Å². The van der Waals surface area contributed by atoms with Crippen LogP contribution in [0, 0.1) is 0 Å². The zero-order valence-electron chi connectivity index (χ0n) is 16.6. The number of carbonyl (C=O) groups excluding carboxylic acids is 1. The molecule has 1 amide bonds. The first kappa shape index (κ1) is 22.9. The van der Waals surface area contributed by atoms with Gasteiger partial charge in [-0.1, -0.05) is 29.4 Å². The maximum Gasteiger partial charge on any atom is 0.387 e.